The standard InChI is InChI=1S/C15H13ClF3N/c16-14-7-6-13(15(17,18)19)8-12(14)10-20-9-11-4-2-1-3-5-11/h1-8,20H,9-10H2. The van der Waals surface area contributed by atoms with E-state index in [0.717, 1.165) is 17.7 Å². The van der Waals surface area contributed by atoms with E-state index in [1.807, 2.05) is 30.3 Å². The Morgan fingerprint density at radius 1 is 0.950 bits per heavy atom. The highest BCUT2D eigenvalue weighted by atomic mass is 35.5. The zero-order chi connectivity index (χ0) is 14.6. The number of rotatable bonds is 4. The molecule has 2 rings (SSSR count). The summed E-state index contributed by atoms with van der Waals surface area (Å²) in [6, 6.07) is 13.0. The largest absolute Gasteiger partial charge is 0.416 e. The van der Waals surface area contributed by atoms with Gasteiger partial charge in [0.25, 0.3) is 0 Å². The molecule has 0 fully saturated rings. The average Bonchev–Trinajstić information content (AvgIpc) is 2.41. The summed E-state index contributed by atoms with van der Waals surface area (Å²) in [5.41, 5.74) is 0.825. The molecule has 0 bridgehead atoms. The molecule has 1 nitrogen and oxygen atoms in total. The number of benzene rings is 2. The summed E-state index contributed by atoms with van der Waals surface area (Å²) >= 11 is 5.92. The molecule has 106 valence electrons. The molecule has 0 aliphatic heterocycles. The fourth-order valence-corrected chi connectivity index (χ4v) is 2.01. The number of alkyl halides is 3. The second-order valence-electron chi connectivity index (χ2n) is 4.39. The van der Waals surface area contributed by atoms with Crippen molar-refractivity contribution in [1.82, 2.24) is 5.32 Å². The molecule has 0 heterocycles. The van der Waals surface area contributed by atoms with Crippen LogP contribution in [0.25, 0.3) is 0 Å². The van der Waals surface area contributed by atoms with E-state index < -0.39 is 11.7 Å². The van der Waals surface area contributed by atoms with E-state index >= 15 is 0 Å². The van der Waals surface area contributed by atoms with Gasteiger partial charge >= 0.3 is 6.18 Å². The van der Waals surface area contributed by atoms with Gasteiger partial charge in [0.2, 0.25) is 0 Å². The Bertz CT molecular complexity index is 567. The monoisotopic (exact) mass is 299 g/mol. The van der Waals surface area contributed by atoms with Crippen LogP contribution in [-0.2, 0) is 19.3 Å². The summed E-state index contributed by atoms with van der Waals surface area (Å²) in [5.74, 6) is 0. The third-order valence-electron chi connectivity index (χ3n) is 2.86. The molecule has 2 aromatic rings. The summed E-state index contributed by atoms with van der Waals surface area (Å²) in [4.78, 5) is 0. The maximum atomic E-state index is 12.6. The molecule has 0 radical (unpaired) electrons. The van der Waals surface area contributed by atoms with E-state index in [9.17, 15) is 13.2 Å². The maximum Gasteiger partial charge on any atom is 0.416 e. The molecule has 0 unspecified atom stereocenters. The molecule has 0 aromatic heterocycles. The Balaban J connectivity index is 2.02. The summed E-state index contributed by atoms with van der Waals surface area (Å²) in [7, 11) is 0. The summed E-state index contributed by atoms with van der Waals surface area (Å²) in [6.45, 7) is 0.866. The van der Waals surface area contributed by atoms with Crippen molar-refractivity contribution in [3.05, 3.63) is 70.2 Å². The van der Waals surface area contributed by atoms with Crippen LogP contribution < -0.4 is 5.32 Å². The SMILES string of the molecule is FC(F)(F)c1ccc(Cl)c(CNCc2ccccc2)c1. The number of nitrogens with one attached hydrogen (secondary N) is 1. The Hall–Kier alpha value is -1.52. The van der Waals surface area contributed by atoms with E-state index in [2.05, 4.69) is 5.32 Å². The van der Waals surface area contributed by atoms with Crippen molar-refractivity contribution >= 4 is 11.6 Å². The minimum Gasteiger partial charge on any atom is -0.309 e. The smallest absolute Gasteiger partial charge is 0.309 e. The number of hydrogen-bond acceptors (Lipinski definition) is 1. The molecular weight excluding hydrogens is 287 g/mol. The molecular formula is C15H13ClF3N. The zero-order valence-electron chi connectivity index (χ0n) is 10.5. The first kappa shape index (κ1) is 14.9. The Morgan fingerprint density at radius 3 is 2.30 bits per heavy atom. The quantitative estimate of drug-likeness (QED) is 0.866. The van der Waals surface area contributed by atoms with Gasteiger partial charge in [0.05, 0.1) is 5.56 Å². The highest BCUT2D eigenvalue weighted by Crippen LogP contribution is 2.31. The molecule has 0 saturated carbocycles. The molecule has 0 amide bonds. The number of hydrogen-bond donors (Lipinski definition) is 1. The van der Waals surface area contributed by atoms with Gasteiger partial charge in [0.1, 0.15) is 0 Å². The Kier molecular flexibility index (Phi) is 4.68. The third-order valence-corrected chi connectivity index (χ3v) is 3.23. The second kappa shape index (κ2) is 6.29. The van der Waals surface area contributed by atoms with Crippen LogP contribution in [0.3, 0.4) is 0 Å². The van der Waals surface area contributed by atoms with Crippen LogP contribution >= 0.6 is 11.6 Å². The second-order valence-corrected chi connectivity index (χ2v) is 4.80. The van der Waals surface area contributed by atoms with Crippen LogP contribution in [0.2, 0.25) is 5.02 Å². The number of halogens is 4. The van der Waals surface area contributed by atoms with Gasteiger partial charge in [-0.25, -0.2) is 0 Å². The first-order valence-electron chi connectivity index (χ1n) is 6.07. The molecule has 20 heavy (non-hydrogen) atoms. The lowest BCUT2D eigenvalue weighted by molar-refractivity contribution is -0.137. The van der Waals surface area contributed by atoms with E-state index in [-0.39, 0.29) is 6.54 Å². The molecule has 0 spiro atoms. The molecule has 2 aromatic carbocycles. The average molecular weight is 300 g/mol. The molecule has 0 atom stereocenters. The van der Waals surface area contributed by atoms with Crippen molar-refractivity contribution in [2.24, 2.45) is 0 Å². The van der Waals surface area contributed by atoms with Gasteiger partial charge in [-0.05, 0) is 29.3 Å². The predicted molar refractivity (Wildman–Crippen MR) is 73.4 cm³/mol. The van der Waals surface area contributed by atoms with Crippen molar-refractivity contribution in [2.75, 3.05) is 0 Å². The topological polar surface area (TPSA) is 12.0 Å². The minimum absolute atomic E-state index is 0.289. The first-order chi connectivity index (χ1) is 9.47. The van der Waals surface area contributed by atoms with Crippen LogP contribution in [0.5, 0.6) is 0 Å². The molecule has 0 aliphatic carbocycles. The predicted octanol–water partition coefficient (Wildman–Crippen LogP) is 4.65. The zero-order valence-corrected chi connectivity index (χ0v) is 11.3. The van der Waals surface area contributed by atoms with Gasteiger partial charge in [-0.1, -0.05) is 41.9 Å². The van der Waals surface area contributed by atoms with Gasteiger partial charge < -0.3 is 5.32 Å². The van der Waals surface area contributed by atoms with Gasteiger partial charge in [-0.2, -0.15) is 13.2 Å². The normalized spacial score (nSPS) is 11.6. The van der Waals surface area contributed by atoms with Crippen LogP contribution in [-0.4, -0.2) is 0 Å². The van der Waals surface area contributed by atoms with Crippen molar-refractivity contribution < 1.29 is 13.2 Å². The highest BCUT2D eigenvalue weighted by Gasteiger charge is 2.30. The fraction of sp³-hybridized carbons (Fsp3) is 0.200. The third kappa shape index (κ3) is 3.99. The Labute approximate surface area is 120 Å². The molecule has 0 saturated heterocycles. The first-order valence-corrected chi connectivity index (χ1v) is 6.45. The minimum atomic E-state index is -4.35. The van der Waals surface area contributed by atoms with Gasteiger partial charge in [-0.15, -0.1) is 0 Å². The van der Waals surface area contributed by atoms with Crippen LogP contribution in [0.15, 0.2) is 48.5 Å². The maximum absolute atomic E-state index is 12.6. The van der Waals surface area contributed by atoms with Crippen LogP contribution in [0, 0.1) is 0 Å². The highest BCUT2D eigenvalue weighted by molar-refractivity contribution is 6.31. The van der Waals surface area contributed by atoms with E-state index in [1.165, 1.54) is 6.07 Å². The van der Waals surface area contributed by atoms with Crippen LogP contribution in [0.1, 0.15) is 16.7 Å². The van der Waals surface area contributed by atoms with Gasteiger partial charge in [0.15, 0.2) is 0 Å². The lowest BCUT2D eigenvalue weighted by Gasteiger charge is -2.11. The van der Waals surface area contributed by atoms with Gasteiger partial charge in [0, 0.05) is 18.1 Å². The van der Waals surface area contributed by atoms with E-state index in [4.69, 9.17) is 11.6 Å². The van der Waals surface area contributed by atoms with E-state index in [1.54, 1.807) is 0 Å². The summed E-state index contributed by atoms with van der Waals surface area (Å²) in [6.07, 6.45) is -4.35. The molecule has 0 aliphatic rings. The van der Waals surface area contributed by atoms with Crippen LogP contribution in [0.4, 0.5) is 13.2 Å². The van der Waals surface area contributed by atoms with Crippen molar-refractivity contribution in [1.29, 1.82) is 0 Å². The fourth-order valence-electron chi connectivity index (χ4n) is 1.82. The summed E-state index contributed by atoms with van der Waals surface area (Å²) in [5, 5.41) is 3.42. The van der Waals surface area contributed by atoms with Crippen molar-refractivity contribution in [3.63, 3.8) is 0 Å². The molecule has 1 N–H and O–H groups in total. The lowest BCUT2D eigenvalue weighted by atomic mass is 10.1. The summed E-state index contributed by atoms with van der Waals surface area (Å²) < 4.78 is 37.9. The van der Waals surface area contributed by atoms with Crippen molar-refractivity contribution in [2.45, 2.75) is 19.3 Å². The lowest BCUT2D eigenvalue weighted by Crippen LogP contribution is -2.14. The van der Waals surface area contributed by atoms with Crippen molar-refractivity contribution in [3.8, 4) is 0 Å². The molecule has 5 heteroatoms. The van der Waals surface area contributed by atoms with E-state index in [0.29, 0.717) is 17.1 Å². The van der Waals surface area contributed by atoms with Gasteiger partial charge in [-0.3, -0.25) is 0 Å². The Morgan fingerprint density at radius 2 is 1.65 bits per heavy atom.